The van der Waals surface area contributed by atoms with Crippen LogP contribution in [-0.4, -0.2) is 58.9 Å². The van der Waals surface area contributed by atoms with Crippen molar-refractivity contribution in [3.63, 3.8) is 0 Å². The highest BCUT2D eigenvalue weighted by Crippen LogP contribution is 2.15. The third kappa shape index (κ3) is 4.80. The molecule has 7 heteroatoms. The van der Waals surface area contributed by atoms with Gasteiger partial charge in [-0.25, -0.2) is 9.18 Å². The van der Waals surface area contributed by atoms with Gasteiger partial charge in [0.15, 0.2) is 0 Å². The third-order valence-electron chi connectivity index (χ3n) is 5.19. The van der Waals surface area contributed by atoms with Gasteiger partial charge in [-0.15, -0.1) is 0 Å². The lowest BCUT2D eigenvalue weighted by molar-refractivity contribution is -0.132. The van der Waals surface area contributed by atoms with Crippen LogP contribution in [0.3, 0.4) is 0 Å². The van der Waals surface area contributed by atoms with Gasteiger partial charge < -0.3 is 14.9 Å². The number of carboxylic acid groups (broad SMARTS) is 1. The smallest absolute Gasteiger partial charge is 0.335 e. The molecule has 2 aromatic rings. The molecule has 6 nitrogen and oxygen atoms in total. The Morgan fingerprint density at radius 1 is 1.00 bits per heavy atom. The number of carbonyl (C=O) groups is 3. The molecule has 0 radical (unpaired) electrons. The topological polar surface area (TPSA) is 77.9 Å². The number of nitrogens with zero attached hydrogens (tertiary/aromatic N) is 2. The van der Waals surface area contributed by atoms with Crippen molar-refractivity contribution in [1.82, 2.24) is 9.80 Å². The van der Waals surface area contributed by atoms with E-state index in [1.807, 2.05) is 0 Å². The molecule has 2 amide bonds. The van der Waals surface area contributed by atoms with E-state index in [0.717, 1.165) is 0 Å². The number of aryl methyl sites for hydroxylation is 2. The maximum atomic E-state index is 13.7. The first-order valence-electron chi connectivity index (χ1n) is 9.51. The molecular formula is C22H23FN2O4. The van der Waals surface area contributed by atoms with E-state index in [9.17, 15) is 23.9 Å². The molecule has 3 rings (SSSR count). The Bertz CT molecular complexity index is 936. The van der Waals surface area contributed by atoms with E-state index in [2.05, 4.69) is 0 Å². The number of halogens is 1. The van der Waals surface area contributed by atoms with Crippen molar-refractivity contribution < 1.29 is 23.9 Å². The van der Waals surface area contributed by atoms with Gasteiger partial charge in [0, 0.05) is 38.2 Å². The lowest BCUT2D eigenvalue weighted by Gasteiger charge is -2.35. The minimum atomic E-state index is -1.01. The number of hydrogen-bond donors (Lipinski definition) is 1. The average Bonchev–Trinajstić information content (AvgIpc) is 2.73. The summed E-state index contributed by atoms with van der Waals surface area (Å²) in [6.45, 7) is 3.21. The molecule has 2 aromatic carbocycles. The van der Waals surface area contributed by atoms with Crippen LogP contribution < -0.4 is 0 Å². The fraction of sp³-hybridized carbons (Fsp3) is 0.318. The lowest BCUT2D eigenvalue weighted by atomic mass is 10.0. The van der Waals surface area contributed by atoms with E-state index in [-0.39, 0.29) is 23.8 Å². The van der Waals surface area contributed by atoms with E-state index >= 15 is 0 Å². The van der Waals surface area contributed by atoms with Crippen LogP contribution in [-0.2, 0) is 11.2 Å². The van der Waals surface area contributed by atoms with E-state index in [1.165, 1.54) is 12.1 Å². The summed E-state index contributed by atoms with van der Waals surface area (Å²) in [5.41, 5.74) is 1.63. The molecule has 0 saturated carbocycles. The second kappa shape index (κ2) is 8.86. The summed E-state index contributed by atoms with van der Waals surface area (Å²) in [6.07, 6.45) is 0.560. The first kappa shape index (κ1) is 20.5. The van der Waals surface area contributed by atoms with Gasteiger partial charge in [-0.05, 0) is 42.7 Å². The number of carboxylic acids is 1. The molecule has 1 N–H and O–H groups in total. The van der Waals surface area contributed by atoms with Crippen LogP contribution in [0.2, 0.25) is 0 Å². The SMILES string of the molecule is Cc1ccc(C(=O)N2CCN(C(=O)CCc3ccccc3C(=O)O)CC2)cc1F. The van der Waals surface area contributed by atoms with Crippen LogP contribution in [0.4, 0.5) is 4.39 Å². The van der Waals surface area contributed by atoms with Crippen molar-refractivity contribution in [1.29, 1.82) is 0 Å². The maximum absolute atomic E-state index is 13.7. The van der Waals surface area contributed by atoms with Crippen molar-refractivity contribution in [2.75, 3.05) is 26.2 Å². The van der Waals surface area contributed by atoms with E-state index < -0.39 is 11.8 Å². The molecule has 1 fully saturated rings. The first-order valence-corrected chi connectivity index (χ1v) is 9.51. The van der Waals surface area contributed by atoms with Gasteiger partial charge >= 0.3 is 5.97 Å². The standard InChI is InChI=1S/C22H23FN2O4/c1-15-6-7-17(14-19(15)23)21(27)25-12-10-24(11-13-25)20(26)9-8-16-4-2-3-5-18(16)22(28)29/h2-7,14H,8-13H2,1H3,(H,28,29). The molecule has 152 valence electrons. The zero-order valence-corrected chi connectivity index (χ0v) is 16.2. The highest BCUT2D eigenvalue weighted by molar-refractivity contribution is 5.94. The molecule has 29 heavy (non-hydrogen) atoms. The van der Waals surface area contributed by atoms with Gasteiger partial charge in [0.25, 0.3) is 5.91 Å². The van der Waals surface area contributed by atoms with Crippen LogP contribution in [0.25, 0.3) is 0 Å². The monoisotopic (exact) mass is 398 g/mol. The summed E-state index contributed by atoms with van der Waals surface area (Å²) >= 11 is 0. The number of carbonyl (C=O) groups excluding carboxylic acids is 2. The van der Waals surface area contributed by atoms with Crippen LogP contribution in [0, 0.1) is 12.7 Å². The van der Waals surface area contributed by atoms with Crippen molar-refractivity contribution >= 4 is 17.8 Å². The Morgan fingerprint density at radius 3 is 2.31 bits per heavy atom. The summed E-state index contributed by atoms with van der Waals surface area (Å²) in [6, 6.07) is 11.1. The second-order valence-electron chi connectivity index (χ2n) is 7.10. The Labute approximate surface area is 168 Å². The quantitative estimate of drug-likeness (QED) is 0.840. The van der Waals surface area contributed by atoms with Crippen molar-refractivity contribution in [3.8, 4) is 0 Å². The van der Waals surface area contributed by atoms with E-state index in [4.69, 9.17) is 0 Å². The molecule has 1 aliphatic heterocycles. The number of amides is 2. The molecule has 1 saturated heterocycles. The Balaban J connectivity index is 1.54. The van der Waals surface area contributed by atoms with Gasteiger partial charge in [0.05, 0.1) is 5.56 Å². The molecular weight excluding hydrogens is 375 g/mol. The predicted molar refractivity (Wildman–Crippen MR) is 105 cm³/mol. The Hall–Kier alpha value is -3.22. The van der Waals surface area contributed by atoms with Crippen molar-refractivity contribution in [2.24, 2.45) is 0 Å². The molecule has 0 aliphatic carbocycles. The molecule has 0 aromatic heterocycles. The summed E-state index contributed by atoms with van der Waals surface area (Å²) in [5.74, 6) is -1.73. The summed E-state index contributed by atoms with van der Waals surface area (Å²) in [5, 5.41) is 9.23. The summed E-state index contributed by atoms with van der Waals surface area (Å²) < 4.78 is 13.7. The summed E-state index contributed by atoms with van der Waals surface area (Å²) in [7, 11) is 0. The molecule has 1 aliphatic rings. The third-order valence-corrected chi connectivity index (χ3v) is 5.19. The molecule has 0 spiro atoms. The zero-order valence-electron chi connectivity index (χ0n) is 16.2. The molecule has 0 atom stereocenters. The van der Waals surface area contributed by atoms with E-state index in [0.29, 0.717) is 49.3 Å². The van der Waals surface area contributed by atoms with Crippen LogP contribution >= 0.6 is 0 Å². The number of aromatic carboxylic acids is 1. The zero-order chi connectivity index (χ0) is 21.0. The van der Waals surface area contributed by atoms with Crippen LogP contribution in [0.15, 0.2) is 42.5 Å². The highest BCUT2D eigenvalue weighted by atomic mass is 19.1. The fourth-order valence-corrected chi connectivity index (χ4v) is 3.41. The first-order chi connectivity index (χ1) is 13.9. The van der Waals surface area contributed by atoms with Crippen molar-refractivity contribution in [3.05, 3.63) is 70.5 Å². The fourth-order valence-electron chi connectivity index (χ4n) is 3.41. The summed E-state index contributed by atoms with van der Waals surface area (Å²) in [4.78, 5) is 39.6. The Kier molecular flexibility index (Phi) is 6.26. The van der Waals surface area contributed by atoms with Gasteiger partial charge in [-0.1, -0.05) is 24.3 Å². The van der Waals surface area contributed by atoms with Gasteiger partial charge in [-0.3, -0.25) is 9.59 Å². The molecule has 0 bridgehead atoms. The maximum Gasteiger partial charge on any atom is 0.335 e. The van der Waals surface area contributed by atoms with Crippen LogP contribution in [0.5, 0.6) is 0 Å². The number of hydrogen-bond acceptors (Lipinski definition) is 3. The lowest BCUT2D eigenvalue weighted by Crippen LogP contribution is -2.50. The number of rotatable bonds is 5. The van der Waals surface area contributed by atoms with Gasteiger partial charge in [0.2, 0.25) is 5.91 Å². The highest BCUT2D eigenvalue weighted by Gasteiger charge is 2.25. The normalized spacial score (nSPS) is 14.0. The van der Waals surface area contributed by atoms with Gasteiger partial charge in [-0.2, -0.15) is 0 Å². The average molecular weight is 398 g/mol. The minimum Gasteiger partial charge on any atom is -0.478 e. The van der Waals surface area contributed by atoms with Crippen molar-refractivity contribution in [2.45, 2.75) is 19.8 Å². The Morgan fingerprint density at radius 2 is 1.66 bits per heavy atom. The minimum absolute atomic E-state index is 0.0707. The van der Waals surface area contributed by atoms with E-state index in [1.54, 1.807) is 47.1 Å². The largest absolute Gasteiger partial charge is 0.478 e. The second-order valence-corrected chi connectivity index (χ2v) is 7.10. The molecule has 1 heterocycles. The predicted octanol–water partition coefficient (Wildman–Crippen LogP) is 2.75. The van der Waals surface area contributed by atoms with Crippen LogP contribution in [0.1, 0.15) is 38.3 Å². The number of piperazine rings is 1. The molecule has 0 unspecified atom stereocenters. The van der Waals surface area contributed by atoms with Gasteiger partial charge in [0.1, 0.15) is 5.82 Å². The number of benzene rings is 2.